The van der Waals surface area contributed by atoms with Gasteiger partial charge in [-0.25, -0.2) is 4.98 Å². The van der Waals surface area contributed by atoms with Crippen molar-refractivity contribution in [3.8, 4) is 0 Å². The first-order chi connectivity index (χ1) is 16.0. The molecule has 1 aliphatic heterocycles. The number of nitrogens with one attached hydrogen (secondary N) is 2. The van der Waals surface area contributed by atoms with Crippen molar-refractivity contribution in [2.75, 3.05) is 11.9 Å². The Morgan fingerprint density at radius 3 is 2.79 bits per heavy atom. The molecule has 0 spiro atoms. The summed E-state index contributed by atoms with van der Waals surface area (Å²) < 4.78 is 1.39. The third kappa shape index (κ3) is 4.24. The molecule has 2 N–H and O–H groups in total. The number of carbonyl (C=O) groups is 1. The van der Waals surface area contributed by atoms with Crippen LogP contribution in [0.2, 0.25) is 0 Å². The highest BCUT2D eigenvalue weighted by molar-refractivity contribution is 7.15. The van der Waals surface area contributed by atoms with Gasteiger partial charge in [-0.2, -0.15) is 0 Å². The Hall–Kier alpha value is -3.56. The molecule has 0 unspecified atom stereocenters. The number of thiazole rings is 1. The van der Waals surface area contributed by atoms with E-state index in [9.17, 15) is 14.4 Å². The summed E-state index contributed by atoms with van der Waals surface area (Å²) in [5.74, 6) is -0.306. The van der Waals surface area contributed by atoms with Gasteiger partial charge >= 0.3 is 11.1 Å². The quantitative estimate of drug-likeness (QED) is 0.445. The zero-order valence-electron chi connectivity index (χ0n) is 18.1. The number of hydrogen-bond donors (Lipinski definition) is 2. The summed E-state index contributed by atoms with van der Waals surface area (Å²) in [5.41, 5.74) is 2.44. The van der Waals surface area contributed by atoms with Crippen LogP contribution in [0.25, 0.3) is 11.0 Å². The minimum Gasteiger partial charge on any atom is -0.316 e. The maximum atomic E-state index is 12.9. The first-order valence-electron chi connectivity index (χ1n) is 10.8. The number of amides is 1. The highest BCUT2D eigenvalue weighted by Gasteiger charge is 2.22. The third-order valence-corrected chi connectivity index (χ3v) is 6.83. The van der Waals surface area contributed by atoms with Gasteiger partial charge in [0.2, 0.25) is 0 Å². The van der Waals surface area contributed by atoms with Crippen molar-refractivity contribution in [1.82, 2.24) is 19.4 Å². The second-order valence-corrected chi connectivity index (χ2v) is 9.11. The predicted molar refractivity (Wildman–Crippen MR) is 129 cm³/mol. The maximum absolute atomic E-state index is 12.9. The summed E-state index contributed by atoms with van der Waals surface area (Å²) in [6.45, 7) is 4.79. The zero-order valence-corrected chi connectivity index (χ0v) is 18.9. The normalized spacial score (nSPS) is 13.7. The summed E-state index contributed by atoms with van der Waals surface area (Å²) >= 11 is 1.50. The molecule has 0 saturated heterocycles. The van der Waals surface area contributed by atoms with Crippen LogP contribution in [0.4, 0.5) is 5.13 Å². The van der Waals surface area contributed by atoms with Crippen LogP contribution >= 0.6 is 11.3 Å². The number of carbonyl (C=O) groups excluding carboxylic acids is 1. The monoisotopic (exact) mass is 461 g/mol. The van der Waals surface area contributed by atoms with E-state index < -0.39 is 11.1 Å². The number of rotatable bonds is 5. The molecule has 0 bridgehead atoms. The molecule has 2 aromatic heterocycles. The fourth-order valence-corrected chi connectivity index (χ4v) is 5.23. The minimum atomic E-state index is -0.699. The van der Waals surface area contributed by atoms with E-state index in [-0.39, 0.29) is 5.91 Å². The van der Waals surface area contributed by atoms with E-state index >= 15 is 0 Å². The number of fused-ring (bicyclic) bond motifs is 2. The van der Waals surface area contributed by atoms with Gasteiger partial charge in [0, 0.05) is 43.0 Å². The average molecular weight is 462 g/mol. The molecule has 168 valence electrons. The molecule has 0 saturated carbocycles. The summed E-state index contributed by atoms with van der Waals surface area (Å²) in [5, 5.41) is 3.46. The fourth-order valence-electron chi connectivity index (χ4n) is 4.18. The van der Waals surface area contributed by atoms with Crippen LogP contribution in [0, 0.1) is 0 Å². The molecule has 9 heteroatoms. The van der Waals surface area contributed by atoms with E-state index in [4.69, 9.17) is 0 Å². The van der Waals surface area contributed by atoms with Crippen LogP contribution < -0.4 is 16.4 Å². The van der Waals surface area contributed by atoms with Crippen molar-refractivity contribution < 1.29 is 4.79 Å². The van der Waals surface area contributed by atoms with Crippen LogP contribution in [-0.4, -0.2) is 31.9 Å². The maximum Gasteiger partial charge on any atom is 0.316 e. The smallest absolute Gasteiger partial charge is 0.316 e. The SMILES string of the molecule is CCn1c(=O)c(=O)[nH]c2cc(C(=O)Nc3nc4c(s3)CN(Cc3ccccc3)CC4)ccc21. The number of hydrogen-bond acceptors (Lipinski definition) is 6. The zero-order chi connectivity index (χ0) is 22.9. The van der Waals surface area contributed by atoms with Gasteiger partial charge < -0.3 is 9.55 Å². The molecule has 1 aliphatic rings. The molecule has 0 atom stereocenters. The highest BCUT2D eigenvalue weighted by atomic mass is 32.1. The van der Waals surface area contributed by atoms with Gasteiger partial charge in [-0.15, -0.1) is 11.3 Å². The van der Waals surface area contributed by atoms with Gasteiger partial charge in [-0.3, -0.25) is 24.6 Å². The molecule has 0 radical (unpaired) electrons. The number of aromatic amines is 1. The number of aryl methyl sites for hydroxylation is 1. The molecule has 4 aromatic rings. The van der Waals surface area contributed by atoms with Crippen molar-refractivity contribution in [2.24, 2.45) is 0 Å². The molecule has 33 heavy (non-hydrogen) atoms. The van der Waals surface area contributed by atoms with Gasteiger partial charge in [0.1, 0.15) is 0 Å². The summed E-state index contributed by atoms with van der Waals surface area (Å²) in [6.07, 6.45) is 0.848. The molecule has 0 aliphatic carbocycles. The van der Waals surface area contributed by atoms with E-state index in [0.717, 1.165) is 31.7 Å². The van der Waals surface area contributed by atoms with E-state index in [2.05, 4.69) is 44.5 Å². The lowest BCUT2D eigenvalue weighted by Gasteiger charge is -2.25. The molecule has 3 heterocycles. The topological polar surface area (TPSA) is 100 Å². The van der Waals surface area contributed by atoms with Crippen LogP contribution in [-0.2, 0) is 26.1 Å². The van der Waals surface area contributed by atoms with E-state index in [0.29, 0.717) is 28.3 Å². The standard InChI is InChI=1S/C24H23N5O3S/c1-2-29-19-9-8-16(12-18(19)25-22(31)23(29)32)21(30)27-24-26-17-10-11-28(14-20(17)33-24)13-15-6-4-3-5-7-15/h3-9,12H,2,10-11,13-14H2,1H3,(H,25,31)(H,26,27,30). The second kappa shape index (κ2) is 8.76. The Labute approximate surface area is 193 Å². The molecular formula is C24H23N5O3S. The molecular weight excluding hydrogens is 438 g/mol. The van der Waals surface area contributed by atoms with Crippen molar-refractivity contribution in [2.45, 2.75) is 33.0 Å². The van der Waals surface area contributed by atoms with E-state index in [1.807, 2.05) is 6.07 Å². The Morgan fingerprint density at radius 2 is 2.00 bits per heavy atom. The third-order valence-electron chi connectivity index (χ3n) is 5.83. The Balaban J connectivity index is 1.33. The molecule has 8 nitrogen and oxygen atoms in total. The fraction of sp³-hybridized carbons (Fsp3) is 0.250. The average Bonchev–Trinajstić information content (AvgIpc) is 3.22. The number of nitrogens with zero attached hydrogens (tertiary/aromatic N) is 3. The van der Waals surface area contributed by atoms with Gasteiger partial charge in [0.25, 0.3) is 5.91 Å². The lowest BCUT2D eigenvalue weighted by atomic mass is 10.1. The Morgan fingerprint density at radius 1 is 1.18 bits per heavy atom. The van der Waals surface area contributed by atoms with Crippen LogP contribution in [0.1, 0.15) is 33.4 Å². The molecule has 5 rings (SSSR count). The second-order valence-electron chi connectivity index (χ2n) is 8.02. The molecule has 2 aromatic carbocycles. The van der Waals surface area contributed by atoms with Crippen LogP contribution in [0.5, 0.6) is 0 Å². The van der Waals surface area contributed by atoms with Gasteiger partial charge in [0.15, 0.2) is 5.13 Å². The summed E-state index contributed by atoms with van der Waals surface area (Å²) in [6, 6.07) is 15.3. The number of benzene rings is 2. The van der Waals surface area contributed by atoms with Gasteiger partial charge in [-0.05, 0) is 30.7 Å². The van der Waals surface area contributed by atoms with Gasteiger partial charge in [0.05, 0.1) is 16.7 Å². The van der Waals surface area contributed by atoms with E-state index in [1.165, 1.54) is 26.3 Å². The number of H-pyrrole nitrogens is 1. The minimum absolute atomic E-state index is 0.306. The number of aromatic nitrogens is 3. The van der Waals surface area contributed by atoms with E-state index in [1.54, 1.807) is 25.1 Å². The predicted octanol–water partition coefficient (Wildman–Crippen LogP) is 2.98. The van der Waals surface area contributed by atoms with Crippen LogP contribution in [0.3, 0.4) is 0 Å². The highest BCUT2D eigenvalue weighted by Crippen LogP contribution is 2.29. The van der Waals surface area contributed by atoms with Crippen molar-refractivity contribution >= 4 is 33.4 Å². The number of anilines is 1. The Kier molecular flexibility index (Phi) is 5.65. The van der Waals surface area contributed by atoms with Crippen molar-refractivity contribution in [3.63, 3.8) is 0 Å². The first-order valence-corrected chi connectivity index (χ1v) is 11.7. The molecule has 1 amide bonds. The van der Waals surface area contributed by atoms with Crippen LogP contribution in [0.15, 0.2) is 58.1 Å². The van der Waals surface area contributed by atoms with Crippen molar-refractivity contribution in [1.29, 1.82) is 0 Å². The first kappa shape index (κ1) is 21.3. The molecule has 0 fully saturated rings. The lowest BCUT2D eigenvalue weighted by molar-refractivity contribution is 0.102. The largest absolute Gasteiger partial charge is 0.316 e. The summed E-state index contributed by atoms with van der Waals surface area (Å²) in [4.78, 5) is 47.6. The summed E-state index contributed by atoms with van der Waals surface area (Å²) in [7, 11) is 0. The lowest BCUT2D eigenvalue weighted by Crippen LogP contribution is -2.36. The van der Waals surface area contributed by atoms with Crippen molar-refractivity contribution in [3.05, 3.63) is 90.9 Å². The Bertz CT molecular complexity index is 1450. The van der Waals surface area contributed by atoms with Gasteiger partial charge in [-0.1, -0.05) is 30.3 Å².